The Kier molecular flexibility index (Phi) is 15.7. The fraction of sp³-hybridized carbons (Fsp3) is 0.484. The molecule has 1 atom stereocenters. The average Bonchev–Trinajstić information content (AvgIpc) is 2.95. The number of carbonyl (C=O) groups excluding carboxylic acids is 4. The lowest BCUT2D eigenvalue weighted by molar-refractivity contribution is -0.128. The van der Waals surface area contributed by atoms with Crippen molar-refractivity contribution >= 4 is 35.2 Å². The van der Waals surface area contributed by atoms with E-state index in [1.54, 1.807) is 30.3 Å². The highest BCUT2D eigenvalue weighted by molar-refractivity contribution is 5.97. The number of rotatable bonds is 18. The van der Waals surface area contributed by atoms with Crippen molar-refractivity contribution in [1.29, 1.82) is 0 Å². The third-order valence-electron chi connectivity index (χ3n) is 6.38. The molecular formula is C31H46N6O5. The van der Waals surface area contributed by atoms with Crippen LogP contribution < -0.4 is 26.6 Å². The molecule has 0 aliphatic heterocycles. The Balaban J connectivity index is 1.80. The molecule has 0 aliphatic carbocycles. The number of hydrogen-bond acceptors (Lipinski definition) is 7. The quantitative estimate of drug-likeness (QED) is 0.170. The molecule has 0 bridgehead atoms. The van der Waals surface area contributed by atoms with E-state index in [1.807, 2.05) is 46.3 Å². The van der Waals surface area contributed by atoms with Crippen molar-refractivity contribution in [3.05, 3.63) is 59.7 Å². The van der Waals surface area contributed by atoms with Crippen molar-refractivity contribution < 1.29 is 23.9 Å². The first-order valence-corrected chi connectivity index (χ1v) is 14.4. The summed E-state index contributed by atoms with van der Waals surface area (Å²) >= 11 is 0. The Morgan fingerprint density at radius 2 is 1.64 bits per heavy atom. The molecule has 0 saturated heterocycles. The highest BCUT2D eigenvalue weighted by Crippen LogP contribution is 2.13. The highest BCUT2D eigenvalue weighted by Gasteiger charge is 2.21. The van der Waals surface area contributed by atoms with Crippen molar-refractivity contribution in [1.82, 2.24) is 20.9 Å². The van der Waals surface area contributed by atoms with Crippen LogP contribution in [0.4, 0.5) is 16.2 Å². The van der Waals surface area contributed by atoms with Gasteiger partial charge in [-0.05, 0) is 102 Å². The summed E-state index contributed by atoms with van der Waals surface area (Å²) in [6.07, 6.45) is 3.65. The SMILES string of the molecule is CNCCCC(NC(=O)CNC(=O)CCCCCN(C)C)C(=O)Nc1ccc(COC(=O)Nc2cccc(C)c2)cc1. The smallest absolute Gasteiger partial charge is 0.411 e. The standard InChI is InChI=1S/C31H46N6O5/c1-23-10-8-11-26(20-23)35-31(41)42-22-24-14-16-25(17-15-24)34-30(40)27(12-9-18-32-2)36-29(39)21-33-28(38)13-6-5-7-19-37(3)4/h8,10-11,14-17,20,27,32H,5-7,9,12-13,18-19,21-22H2,1-4H3,(H,33,38)(H,34,40)(H,35,41)(H,36,39). The molecule has 0 heterocycles. The molecule has 11 heteroatoms. The van der Waals surface area contributed by atoms with Crippen LogP contribution in [-0.2, 0) is 25.7 Å². The number of anilines is 2. The van der Waals surface area contributed by atoms with Gasteiger partial charge in [0.15, 0.2) is 0 Å². The lowest BCUT2D eigenvalue weighted by Crippen LogP contribution is -2.47. The normalized spacial score (nSPS) is 11.5. The summed E-state index contributed by atoms with van der Waals surface area (Å²) in [5.74, 6) is -0.951. The number of ether oxygens (including phenoxy) is 1. The predicted octanol–water partition coefficient (Wildman–Crippen LogP) is 3.40. The van der Waals surface area contributed by atoms with E-state index >= 15 is 0 Å². The van der Waals surface area contributed by atoms with Gasteiger partial charge in [0.25, 0.3) is 0 Å². The van der Waals surface area contributed by atoms with Crippen molar-refractivity contribution in [2.45, 2.75) is 58.1 Å². The molecule has 0 spiro atoms. The van der Waals surface area contributed by atoms with E-state index in [2.05, 4.69) is 31.5 Å². The van der Waals surface area contributed by atoms with Crippen molar-refractivity contribution in [3.63, 3.8) is 0 Å². The zero-order valence-electron chi connectivity index (χ0n) is 25.3. The van der Waals surface area contributed by atoms with Gasteiger partial charge < -0.3 is 30.9 Å². The molecule has 1 unspecified atom stereocenters. The zero-order valence-corrected chi connectivity index (χ0v) is 25.3. The first-order chi connectivity index (χ1) is 20.2. The summed E-state index contributed by atoms with van der Waals surface area (Å²) in [5.41, 5.74) is 2.98. The first kappa shape index (κ1) is 34.2. The second-order valence-electron chi connectivity index (χ2n) is 10.5. The number of amides is 4. The maximum atomic E-state index is 13.0. The first-order valence-electron chi connectivity index (χ1n) is 14.4. The van der Waals surface area contributed by atoms with Crippen LogP contribution in [0.25, 0.3) is 0 Å². The minimum absolute atomic E-state index is 0.0659. The van der Waals surface area contributed by atoms with Gasteiger partial charge in [0.05, 0.1) is 6.54 Å². The lowest BCUT2D eigenvalue weighted by atomic mass is 10.1. The number of nitrogens with zero attached hydrogens (tertiary/aromatic N) is 1. The van der Waals surface area contributed by atoms with E-state index < -0.39 is 18.0 Å². The summed E-state index contributed by atoms with van der Waals surface area (Å²) in [6, 6.07) is 13.6. The molecule has 230 valence electrons. The predicted molar refractivity (Wildman–Crippen MR) is 165 cm³/mol. The maximum absolute atomic E-state index is 13.0. The maximum Gasteiger partial charge on any atom is 0.411 e. The van der Waals surface area contributed by atoms with Gasteiger partial charge in [-0.25, -0.2) is 4.79 Å². The van der Waals surface area contributed by atoms with Crippen LogP contribution in [0.1, 0.15) is 49.7 Å². The molecule has 0 aromatic heterocycles. The molecule has 5 N–H and O–H groups in total. The second-order valence-corrected chi connectivity index (χ2v) is 10.5. The van der Waals surface area contributed by atoms with E-state index in [0.29, 0.717) is 37.2 Å². The Morgan fingerprint density at radius 1 is 0.881 bits per heavy atom. The molecule has 0 aliphatic rings. The minimum atomic E-state index is -0.762. The molecule has 42 heavy (non-hydrogen) atoms. The van der Waals surface area contributed by atoms with E-state index in [9.17, 15) is 19.2 Å². The minimum Gasteiger partial charge on any atom is -0.444 e. The zero-order chi connectivity index (χ0) is 30.7. The molecular weight excluding hydrogens is 536 g/mol. The van der Waals surface area contributed by atoms with Crippen LogP contribution in [0.15, 0.2) is 48.5 Å². The Labute approximate surface area is 249 Å². The van der Waals surface area contributed by atoms with E-state index in [4.69, 9.17) is 4.74 Å². The largest absolute Gasteiger partial charge is 0.444 e. The molecule has 4 amide bonds. The molecule has 2 aromatic rings. The summed E-state index contributed by atoms with van der Waals surface area (Å²) in [7, 11) is 5.85. The number of nitrogens with one attached hydrogen (secondary N) is 5. The Hall–Kier alpha value is -3.96. The third-order valence-corrected chi connectivity index (χ3v) is 6.38. The van der Waals surface area contributed by atoms with Crippen LogP contribution >= 0.6 is 0 Å². The summed E-state index contributed by atoms with van der Waals surface area (Å²) in [4.78, 5) is 51.9. The van der Waals surface area contributed by atoms with Gasteiger partial charge in [-0.1, -0.05) is 30.7 Å². The molecule has 11 nitrogen and oxygen atoms in total. The molecule has 2 aromatic carbocycles. The topological polar surface area (TPSA) is 141 Å². The number of hydrogen-bond donors (Lipinski definition) is 5. The highest BCUT2D eigenvalue weighted by atomic mass is 16.5. The van der Waals surface area contributed by atoms with Crippen molar-refractivity contribution in [2.24, 2.45) is 0 Å². The number of carbonyl (C=O) groups is 4. The fourth-order valence-electron chi connectivity index (χ4n) is 4.09. The van der Waals surface area contributed by atoms with E-state index in [1.165, 1.54) is 0 Å². The van der Waals surface area contributed by atoms with Crippen molar-refractivity contribution in [2.75, 3.05) is 51.4 Å². The molecule has 0 saturated carbocycles. The van der Waals surface area contributed by atoms with Gasteiger partial charge in [0, 0.05) is 17.8 Å². The summed E-state index contributed by atoms with van der Waals surface area (Å²) in [5, 5.41) is 13.9. The average molecular weight is 583 g/mol. The van der Waals surface area contributed by atoms with Gasteiger partial charge in [-0.3, -0.25) is 19.7 Å². The number of aryl methyl sites for hydroxylation is 1. The van der Waals surface area contributed by atoms with Crippen molar-refractivity contribution in [3.8, 4) is 0 Å². The molecule has 0 radical (unpaired) electrons. The van der Waals surface area contributed by atoms with Gasteiger partial charge >= 0.3 is 6.09 Å². The van der Waals surface area contributed by atoms with Crippen LogP contribution in [0, 0.1) is 6.92 Å². The van der Waals surface area contributed by atoms with Gasteiger partial charge in [0.1, 0.15) is 12.6 Å². The molecule has 0 fully saturated rings. The third kappa shape index (κ3) is 14.6. The van der Waals surface area contributed by atoms with Crippen LogP contribution in [0.2, 0.25) is 0 Å². The van der Waals surface area contributed by atoms with Crippen LogP contribution in [0.3, 0.4) is 0 Å². The lowest BCUT2D eigenvalue weighted by Gasteiger charge is -2.19. The Morgan fingerprint density at radius 3 is 2.33 bits per heavy atom. The van der Waals surface area contributed by atoms with Crippen LogP contribution in [0.5, 0.6) is 0 Å². The number of unbranched alkanes of at least 4 members (excludes halogenated alkanes) is 2. The van der Waals surface area contributed by atoms with Gasteiger partial charge in [0.2, 0.25) is 17.7 Å². The monoisotopic (exact) mass is 582 g/mol. The van der Waals surface area contributed by atoms with Gasteiger partial charge in [-0.2, -0.15) is 0 Å². The van der Waals surface area contributed by atoms with Crippen LogP contribution in [-0.4, -0.2) is 75.5 Å². The number of benzene rings is 2. The van der Waals surface area contributed by atoms with E-state index in [0.717, 1.165) is 36.9 Å². The Bertz CT molecular complexity index is 1140. The van der Waals surface area contributed by atoms with Gasteiger partial charge in [-0.15, -0.1) is 0 Å². The molecule has 2 rings (SSSR count). The summed E-state index contributed by atoms with van der Waals surface area (Å²) in [6.45, 7) is 3.49. The second kappa shape index (κ2) is 19.2. The summed E-state index contributed by atoms with van der Waals surface area (Å²) < 4.78 is 5.29. The fourth-order valence-corrected chi connectivity index (χ4v) is 4.09. The van der Waals surface area contributed by atoms with E-state index in [-0.39, 0.29) is 25.0 Å².